The highest BCUT2D eigenvalue weighted by Crippen LogP contribution is 2.28. The molecule has 1 amide bonds. The second kappa shape index (κ2) is 10.4. The van der Waals surface area contributed by atoms with Crippen LogP contribution in [0.3, 0.4) is 0 Å². The molecular weight excluding hydrogens is 374 g/mol. The minimum atomic E-state index is -0.487. The van der Waals surface area contributed by atoms with Crippen molar-refractivity contribution in [1.82, 2.24) is 4.90 Å². The Labute approximate surface area is 171 Å². The van der Waals surface area contributed by atoms with Gasteiger partial charge in [0.2, 0.25) is 0 Å². The number of benzene rings is 1. The number of likely N-dealkylation sites (tertiary alicyclic amines) is 1. The molecule has 1 atom stereocenters. The van der Waals surface area contributed by atoms with Gasteiger partial charge in [0.05, 0.1) is 37.8 Å². The van der Waals surface area contributed by atoms with Crippen molar-refractivity contribution in [3.05, 3.63) is 35.9 Å². The normalized spacial score (nSPS) is 24.4. The second-order valence-corrected chi connectivity index (χ2v) is 7.62. The first-order valence-corrected chi connectivity index (χ1v) is 10.3. The zero-order valence-electron chi connectivity index (χ0n) is 16.9. The van der Waals surface area contributed by atoms with Crippen LogP contribution in [0.5, 0.6) is 0 Å². The lowest BCUT2D eigenvalue weighted by molar-refractivity contribution is -0.150. The molecule has 0 radical (unpaired) electrons. The minimum Gasteiger partial charge on any atom is -0.466 e. The minimum absolute atomic E-state index is 0.0151. The standard InChI is InChI=1S/C22H29NO6/c1-2-27-21(25)17-8-10-20(11-9-17)28-15-18-12-19(24)13-23(18)22(26)29-14-16-6-4-3-5-7-16/h3-7,17-18,20H,2,8-15H2,1H3/t17?,18-,20?/m0/s1. The molecule has 158 valence electrons. The molecule has 1 aromatic rings. The summed E-state index contributed by atoms with van der Waals surface area (Å²) >= 11 is 0. The van der Waals surface area contributed by atoms with Gasteiger partial charge in [-0.05, 0) is 38.2 Å². The van der Waals surface area contributed by atoms with E-state index in [0.29, 0.717) is 19.6 Å². The Morgan fingerprint density at radius 1 is 1.07 bits per heavy atom. The lowest BCUT2D eigenvalue weighted by Crippen LogP contribution is -2.40. The highest BCUT2D eigenvalue weighted by molar-refractivity contribution is 5.88. The molecule has 1 saturated heterocycles. The van der Waals surface area contributed by atoms with Crippen LogP contribution in [0.25, 0.3) is 0 Å². The maximum Gasteiger partial charge on any atom is 0.410 e. The number of nitrogens with zero attached hydrogens (tertiary/aromatic N) is 1. The summed E-state index contributed by atoms with van der Waals surface area (Å²) in [6.07, 6.45) is 2.90. The van der Waals surface area contributed by atoms with Gasteiger partial charge < -0.3 is 14.2 Å². The van der Waals surface area contributed by atoms with Gasteiger partial charge in [-0.3, -0.25) is 14.5 Å². The maximum absolute atomic E-state index is 12.4. The summed E-state index contributed by atoms with van der Waals surface area (Å²) in [6, 6.07) is 9.14. The smallest absolute Gasteiger partial charge is 0.410 e. The van der Waals surface area contributed by atoms with Gasteiger partial charge in [-0.2, -0.15) is 0 Å². The highest BCUT2D eigenvalue weighted by Gasteiger charge is 2.36. The van der Waals surface area contributed by atoms with Crippen molar-refractivity contribution in [3.8, 4) is 0 Å². The first-order chi connectivity index (χ1) is 14.1. The van der Waals surface area contributed by atoms with E-state index in [4.69, 9.17) is 14.2 Å². The number of hydrogen-bond donors (Lipinski definition) is 0. The number of esters is 1. The van der Waals surface area contributed by atoms with E-state index in [0.717, 1.165) is 31.2 Å². The van der Waals surface area contributed by atoms with Crippen LogP contribution in [-0.4, -0.2) is 54.7 Å². The number of hydrogen-bond acceptors (Lipinski definition) is 6. The van der Waals surface area contributed by atoms with E-state index in [9.17, 15) is 14.4 Å². The molecule has 7 nitrogen and oxygen atoms in total. The van der Waals surface area contributed by atoms with Gasteiger partial charge in [-0.15, -0.1) is 0 Å². The van der Waals surface area contributed by atoms with E-state index < -0.39 is 6.09 Å². The van der Waals surface area contributed by atoms with Crippen molar-refractivity contribution in [2.75, 3.05) is 19.8 Å². The van der Waals surface area contributed by atoms with Crippen molar-refractivity contribution in [2.45, 2.75) is 57.8 Å². The number of carbonyl (C=O) groups is 3. The molecule has 2 aliphatic rings. The van der Waals surface area contributed by atoms with E-state index in [1.165, 1.54) is 4.90 Å². The van der Waals surface area contributed by atoms with Gasteiger partial charge in [0.25, 0.3) is 0 Å². The summed E-state index contributed by atoms with van der Waals surface area (Å²) in [6.45, 7) is 2.77. The van der Waals surface area contributed by atoms with Crippen molar-refractivity contribution in [1.29, 1.82) is 0 Å². The topological polar surface area (TPSA) is 82.1 Å². The summed E-state index contributed by atoms with van der Waals surface area (Å²) in [4.78, 5) is 37.7. The van der Waals surface area contributed by atoms with E-state index in [2.05, 4.69) is 0 Å². The third-order valence-corrected chi connectivity index (χ3v) is 5.51. The van der Waals surface area contributed by atoms with Crippen LogP contribution in [-0.2, 0) is 30.4 Å². The van der Waals surface area contributed by atoms with Crippen LogP contribution in [0.15, 0.2) is 30.3 Å². The molecule has 29 heavy (non-hydrogen) atoms. The Morgan fingerprint density at radius 2 is 1.79 bits per heavy atom. The Kier molecular flexibility index (Phi) is 7.63. The average Bonchev–Trinajstić information content (AvgIpc) is 3.12. The SMILES string of the molecule is CCOC(=O)C1CCC(OC[C@@H]2CC(=O)CN2C(=O)OCc2ccccc2)CC1. The summed E-state index contributed by atoms with van der Waals surface area (Å²) in [7, 11) is 0. The van der Waals surface area contributed by atoms with Gasteiger partial charge in [0.15, 0.2) is 5.78 Å². The third-order valence-electron chi connectivity index (χ3n) is 5.51. The summed E-state index contributed by atoms with van der Waals surface area (Å²) < 4.78 is 16.5. The molecule has 1 aliphatic heterocycles. The fraction of sp³-hybridized carbons (Fsp3) is 0.591. The lowest BCUT2D eigenvalue weighted by Gasteiger charge is -2.29. The van der Waals surface area contributed by atoms with E-state index >= 15 is 0 Å². The van der Waals surface area contributed by atoms with Crippen LogP contribution in [0.1, 0.15) is 44.6 Å². The van der Waals surface area contributed by atoms with E-state index in [-0.39, 0.29) is 43.0 Å². The van der Waals surface area contributed by atoms with E-state index in [1.54, 1.807) is 0 Å². The number of Topliss-reactive ketones (excluding diaryl/α,β-unsaturated/α-hetero) is 1. The highest BCUT2D eigenvalue weighted by atomic mass is 16.6. The monoisotopic (exact) mass is 403 g/mol. The predicted molar refractivity (Wildman–Crippen MR) is 105 cm³/mol. The molecule has 1 aliphatic carbocycles. The van der Waals surface area contributed by atoms with Gasteiger partial charge in [-0.25, -0.2) is 4.79 Å². The molecular formula is C22H29NO6. The summed E-state index contributed by atoms with van der Waals surface area (Å²) in [5.74, 6) is -0.159. The van der Waals surface area contributed by atoms with Gasteiger partial charge in [0, 0.05) is 6.42 Å². The molecule has 1 saturated carbocycles. The average molecular weight is 403 g/mol. The lowest BCUT2D eigenvalue weighted by atomic mass is 9.87. The Hall–Kier alpha value is -2.41. The molecule has 0 N–H and O–H groups in total. The number of ketones is 1. The zero-order chi connectivity index (χ0) is 20.6. The van der Waals surface area contributed by atoms with Crippen molar-refractivity contribution < 1.29 is 28.6 Å². The Bertz CT molecular complexity index is 699. The molecule has 0 aromatic heterocycles. The zero-order valence-corrected chi connectivity index (χ0v) is 16.9. The van der Waals surface area contributed by atoms with Crippen LogP contribution in [0.2, 0.25) is 0 Å². The van der Waals surface area contributed by atoms with Crippen LogP contribution in [0.4, 0.5) is 4.79 Å². The Morgan fingerprint density at radius 3 is 2.48 bits per heavy atom. The number of carbonyl (C=O) groups excluding carboxylic acids is 3. The van der Waals surface area contributed by atoms with E-state index in [1.807, 2.05) is 37.3 Å². The van der Waals surface area contributed by atoms with Crippen molar-refractivity contribution in [2.24, 2.45) is 5.92 Å². The number of rotatable bonds is 7. The molecule has 1 heterocycles. The Balaban J connectivity index is 1.44. The van der Waals surface area contributed by atoms with Crippen LogP contribution < -0.4 is 0 Å². The van der Waals surface area contributed by atoms with Gasteiger partial charge >= 0.3 is 12.1 Å². The molecule has 0 unspecified atom stereocenters. The number of ether oxygens (including phenoxy) is 3. The quantitative estimate of drug-likeness (QED) is 0.651. The predicted octanol–water partition coefficient (Wildman–Crippen LogP) is 3.11. The van der Waals surface area contributed by atoms with Crippen LogP contribution >= 0.6 is 0 Å². The summed E-state index contributed by atoms with van der Waals surface area (Å²) in [5.41, 5.74) is 0.900. The molecule has 3 rings (SSSR count). The molecule has 0 bridgehead atoms. The first kappa shape index (κ1) is 21.3. The van der Waals surface area contributed by atoms with Crippen LogP contribution in [0, 0.1) is 5.92 Å². The van der Waals surface area contributed by atoms with Gasteiger partial charge in [-0.1, -0.05) is 30.3 Å². The van der Waals surface area contributed by atoms with Gasteiger partial charge in [0.1, 0.15) is 6.61 Å². The molecule has 7 heteroatoms. The maximum atomic E-state index is 12.4. The largest absolute Gasteiger partial charge is 0.466 e. The van der Waals surface area contributed by atoms with Crippen molar-refractivity contribution in [3.63, 3.8) is 0 Å². The molecule has 1 aromatic carbocycles. The molecule has 2 fully saturated rings. The fourth-order valence-corrected chi connectivity index (χ4v) is 3.89. The first-order valence-electron chi connectivity index (χ1n) is 10.3. The molecule has 0 spiro atoms. The van der Waals surface area contributed by atoms with Crippen molar-refractivity contribution >= 4 is 17.8 Å². The second-order valence-electron chi connectivity index (χ2n) is 7.62. The fourth-order valence-electron chi connectivity index (χ4n) is 3.89. The number of amides is 1. The summed E-state index contributed by atoms with van der Waals surface area (Å²) in [5, 5.41) is 0. The third kappa shape index (κ3) is 6.03.